The minimum Gasteiger partial charge on any atom is -0.493 e. The first-order chi connectivity index (χ1) is 10.6. The van der Waals surface area contributed by atoms with E-state index in [-0.39, 0.29) is 6.04 Å². The monoisotopic (exact) mass is 306 g/mol. The fourth-order valence-corrected chi connectivity index (χ4v) is 3.05. The van der Waals surface area contributed by atoms with Crippen LogP contribution in [0, 0.1) is 13.8 Å². The van der Waals surface area contributed by atoms with Gasteiger partial charge in [-0.1, -0.05) is 13.0 Å². The SMILES string of the molecule is CCCOc1ccc(C(O)C(C)N2CCNCC2)c(C)c1C. The summed E-state index contributed by atoms with van der Waals surface area (Å²) in [6.07, 6.45) is 0.542. The largest absolute Gasteiger partial charge is 0.493 e. The molecule has 0 bridgehead atoms. The van der Waals surface area contributed by atoms with Crippen LogP contribution in [-0.2, 0) is 0 Å². The molecular formula is C18H30N2O2. The van der Waals surface area contributed by atoms with Crippen LogP contribution in [0.3, 0.4) is 0 Å². The highest BCUT2D eigenvalue weighted by molar-refractivity contribution is 5.44. The Morgan fingerprint density at radius 3 is 2.55 bits per heavy atom. The van der Waals surface area contributed by atoms with Crippen molar-refractivity contribution in [3.05, 3.63) is 28.8 Å². The van der Waals surface area contributed by atoms with E-state index >= 15 is 0 Å². The molecule has 4 heteroatoms. The summed E-state index contributed by atoms with van der Waals surface area (Å²) >= 11 is 0. The fraction of sp³-hybridized carbons (Fsp3) is 0.667. The molecule has 0 aliphatic carbocycles. The Kier molecular flexibility index (Phi) is 6.24. The van der Waals surface area contributed by atoms with Crippen LogP contribution in [0.5, 0.6) is 5.75 Å². The Labute approximate surface area is 134 Å². The standard InChI is InChI=1S/C18H30N2O2/c1-5-12-22-17-7-6-16(13(2)14(17)3)18(21)15(4)20-10-8-19-9-11-20/h6-7,15,18-19,21H,5,8-12H2,1-4H3. The smallest absolute Gasteiger partial charge is 0.122 e. The summed E-state index contributed by atoms with van der Waals surface area (Å²) in [7, 11) is 0. The van der Waals surface area contributed by atoms with Gasteiger partial charge in [-0.25, -0.2) is 0 Å². The second-order valence-corrected chi connectivity index (χ2v) is 6.22. The maximum Gasteiger partial charge on any atom is 0.122 e. The lowest BCUT2D eigenvalue weighted by molar-refractivity contribution is 0.0505. The molecule has 1 aromatic rings. The molecule has 0 radical (unpaired) electrons. The van der Waals surface area contributed by atoms with Gasteiger partial charge in [-0.05, 0) is 49.9 Å². The van der Waals surface area contributed by atoms with Gasteiger partial charge in [0.2, 0.25) is 0 Å². The lowest BCUT2D eigenvalue weighted by Crippen LogP contribution is -2.49. The Morgan fingerprint density at radius 2 is 1.91 bits per heavy atom. The number of hydrogen-bond donors (Lipinski definition) is 2. The molecule has 1 aromatic carbocycles. The minimum absolute atomic E-state index is 0.127. The third-order valence-corrected chi connectivity index (χ3v) is 4.74. The fourth-order valence-electron chi connectivity index (χ4n) is 3.05. The normalized spacial score (nSPS) is 19.0. The van der Waals surface area contributed by atoms with E-state index < -0.39 is 6.10 Å². The van der Waals surface area contributed by atoms with Gasteiger partial charge in [0.1, 0.15) is 5.75 Å². The van der Waals surface area contributed by atoms with Crippen LogP contribution in [0.2, 0.25) is 0 Å². The highest BCUT2D eigenvalue weighted by Gasteiger charge is 2.26. The third-order valence-electron chi connectivity index (χ3n) is 4.74. The Bertz CT molecular complexity index is 484. The van der Waals surface area contributed by atoms with Crippen LogP contribution in [0.4, 0.5) is 0 Å². The second kappa shape index (κ2) is 7.95. The Hall–Kier alpha value is -1.10. The van der Waals surface area contributed by atoms with Gasteiger partial charge in [0.05, 0.1) is 12.7 Å². The van der Waals surface area contributed by atoms with Gasteiger partial charge in [-0.15, -0.1) is 0 Å². The average Bonchev–Trinajstić information content (AvgIpc) is 2.56. The van der Waals surface area contributed by atoms with Gasteiger partial charge in [0, 0.05) is 32.2 Å². The predicted molar refractivity (Wildman–Crippen MR) is 90.6 cm³/mol. The molecule has 0 spiro atoms. The van der Waals surface area contributed by atoms with Crippen LogP contribution in [0.25, 0.3) is 0 Å². The zero-order valence-electron chi connectivity index (χ0n) is 14.4. The van der Waals surface area contributed by atoms with Gasteiger partial charge in [-0.3, -0.25) is 4.90 Å². The van der Waals surface area contributed by atoms with Crippen molar-refractivity contribution in [3.63, 3.8) is 0 Å². The van der Waals surface area contributed by atoms with Crippen LogP contribution < -0.4 is 10.1 Å². The Morgan fingerprint density at radius 1 is 1.23 bits per heavy atom. The summed E-state index contributed by atoms with van der Waals surface area (Å²) in [6.45, 7) is 13.1. The molecule has 0 saturated carbocycles. The number of aliphatic hydroxyl groups is 1. The summed E-state index contributed by atoms with van der Waals surface area (Å²) in [5, 5.41) is 14.2. The molecule has 1 aliphatic rings. The number of aliphatic hydroxyl groups excluding tert-OH is 1. The van der Waals surface area contributed by atoms with Crippen molar-refractivity contribution < 1.29 is 9.84 Å². The lowest BCUT2D eigenvalue weighted by Gasteiger charge is -2.36. The molecule has 2 atom stereocenters. The molecule has 1 heterocycles. The van der Waals surface area contributed by atoms with E-state index in [1.54, 1.807) is 0 Å². The first-order valence-corrected chi connectivity index (χ1v) is 8.42. The van der Waals surface area contributed by atoms with Gasteiger partial charge in [-0.2, -0.15) is 0 Å². The van der Waals surface area contributed by atoms with Gasteiger partial charge < -0.3 is 15.2 Å². The van der Waals surface area contributed by atoms with Crippen molar-refractivity contribution in [1.29, 1.82) is 0 Å². The zero-order chi connectivity index (χ0) is 16.1. The zero-order valence-corrected chi connectivity index (χ0v) is 14.4. The van der Waals surface area contributed by atoms with Crippen molar-refractivity contribution in [2.75, 3.05) is 32.8 Å². The predicted octanol–water partition coefficient (Wildman–Crippen LogP) is 2.42. The Balaban J connectivity index is 2.14. The van der Waals surface area contributed by atoms with E-state index in [0.717, 1.165) is 61.6 Å². The maximum absolute atomic E-state index is 10.8. The molecule has 124 valence electrons. The molecular weight excluding hydrogens is 276 g/mol. The number of benzene rings is 1. The van der Waals surface area contributed by atoms with Crippen LogP contribution in [-0.4, -0.2) is 48.8 Å². The molecule has 22 heavy (non-hydrogen) atoms. The molecule has 2 unspecified atom stereocenters. The van der Waals surface area contributed by atoms with Crippen molar-refractivity contribution in [3.8, 4) is 5.75 Å². The van der Waals surface area contributed by atoms with E-state index in [1.807, 2.05) is 12.1 Å². The maximum atomic E-state index is 10.8. The third kappa shape index (κ3) is 3.80. The summed E-state index contributed by atoms with van der Waals surface area (Å²) in [5.74, 6) is 0.935. The van der Waals surface area contributed by atoms with Gasteiger partial charge in [0.15, 0.2) is 0 Å². The average molecular weight is 306 g/mol. The van der Waals surface area contributed by atoms with Crippen molar-refractivity contribution in [1.82, 2.24) is 10.2 Å². The lowest BCUT2D eigenvalue weighted by atomic mass is 9.94. The topological polar surface area (TPSA) is 44.7 Å². The van der Waals surface area contributed by atoms with Gasteiger partial charge in [0.25, 0.3) is 0 Å². The number of nitrogens with zero attached hydrogens (tertiary/aromatic N) is 1. The molecule has 0 amide bonds. The molecule has 2 rings (SSSR count). The number of nitrogens with one attached hydrogen (secondary N) is 1. The number of hydrogen-bond acceptors (Lipinski definition) is 4. The van der Waals surface area contributed by atoms with E-state index in [2.05, 4.69) is 37.9 Å². The summed E-state index contributed by atoms with van der Waals surface area (Å²) in [6, 6.07) is 4.15. The first-order valence-electron chi connectivity index (χ1n) is 8.42. The quantitative estimate of drug-likeness (QED) is 0.847. The van der Waals surface area contributed by atoms with Crippen molar-refractivity contribution in [2.45, 2.75) is 46.3 Å². The molecule has 1 aliphatic heterocycles. The highest BCUT2D eigenvalue weighted by atomic mass is 16.5. The molecule has 1 saturated heterocycles. The van der Waals surface area contributed by atoms with Crippen LogP contribution >= 0.6 is 0 Å². The van der Waals surface area contributed by atoms with E-state index in [1.165, 1.54) is 0 Å². The van der Waals surface area contributed by atoms with E-state index in [0.29, 0.717) is 0 Å². The summed E-state index contributed by atoms with van der Waals surface area (Å²) in [4.78, 5) is 2.36. The summed E-state index contributed by atoms with van der Waals surface area (Å²) < 4.78 is 5.78. The van der Waals surface area contributed by atoms with Crippen molar-refractivity contribution >= 4 is 0 Å². The highest BCUT2D eigenvalue weighted by Crippen LogP contribution is 2.30. The number of piperazine rings is 1. The van der Waals surface area contributed by atoms with Crippen LogP contribution in [0.1, 0.15) is 43.1 Å². The second-order valence-electron chi connectivity index (χ2n) is 6.22. The number of ether oxygens (including phenoxy) is 1. The van der Waals surface area contributed by atoms with Gasteiger partial charge >= 0.3 is 0 Å². The molecule has 0 aromatic heterocycles. The van der Waals surface area contributed by atoms with Crippen LogP contribution in [0.15, 0.2) is 12.1 Å². The molecule has 4 nitrogen and oxygen atoms in total. The van der Waals surface area contributed by atoms with Crippen molar-refractivity contribution in [2.24, 2.45) is 0 Å². The molecule has 2 N–H and O–H groups in total. The minimum atomic E-state index is -0.461. The summed E-state index contributed by atoms with van der Waals surface area (Å²) in [5.41, 5.74) is 3.30. The molecule has 1 fully saturated rings. The van der Waals surface area contributed by atoms with E-state index in [4.69, 9.17) is 4.74 Å². The first kappa shape index (κ1) is 17.3. The number of rotatable bonds is 6. The van der Waals surface area contributed by atoms with E-state index in [9.17, 15) is 5.11 Å².